The highest BCUT2D eigenvalue weighted by Gasteiger charge is 2.21. The first-order valence-corrected chi connectivity index (χ1v) is 12.2. The number of allylic oxidation sites excluding steroid dienone is 1. The molecule has 0 saturated carbocycles. The fourth-order valence-corrected chi connectivity index (χ4v) is 4.52. The van der Waals surface area contributed by atoms with Crippen molar-refractivity contribution in [1.29, 1.82) is 0 Å². The Bertz CT molecular complexity index is 1790. The molecule has 0 aromatic carbocycles. The maximum absolute atomic E-state index is 16.1. The topological polar surface area (TPSA) is 121 Å². The smallest absolute Gasteiger partial charge is 0.184 e. The Morgan fingerprint density at radius 3 is 2.68 bits per heavy atom. The van der Waals surface area contributed by atoms with Crippen molar-refractivity contribution in [2.24, 2.45) is 5.92 Å². The van der Waals surface area contributed by atoms with Crippen LogP contribution < -0.4 is 5.32 Å². The van der Waals surface area contributed by atoms with Crippen molar-refractivity contribution in [1.82, 2.24) is 40.1 Å². The summed E-state index contributed by atoms with van der Waals surface area (Å²) in [6.07, 6.45) is 10.7. The zero-order chi connectivity index (χ0) is 26.2. The van der Waals surface area contributed by atoms with E-state index in [4.69, 9.17) is 0 Å². The van der Waals surface area contributed by atoms with Crippen molar-refractivity contribution in [3.8, 4) is 33.8 Å². The maximum atomic E-state index is 16.1. The van der Waals surface area contributed by atoms with Crippen LogP contribution in [0.2, 0.25) is 0 Å². The molecule has 0 amide bonds. The zero-order valence-electron chi connectivity index (χ0n) is 20.8. The van der Waals surface area contributed by atoms with Crippen molar-refractivity contribution in [3.05, 3.63) is 79.5 Å². The number of nitrogens with one attached hydrogen (secondary N) is 3. The number of hydrogen-bond donors (Lipinski definition) is 3. The maximum Gasteiger partial charge on any atom is 0.184 e. The lowest BCUT2D eigenvalue weighted by Crippen LogP contribution is -2.02. The Balaban J connectivity index is 1.42. The van der Waals surface area contributed by atoms with Gasteiger partial charge in [0.1, 0.15) is 11.5 Å². The van der Waals surface area contributed by atoms with Gasteiger partial charge in [0, 0.05) is 58.9 Å². The highest BCUT2D eigenvalue weighted by molar-refractivity contribution is 5.96. The van der Waals surface area contributed by atoms with Crippen LogP contribution in [0.5, 0.6) is 0 Å². The number of aromatic nitrogens is 8. The van der Waals surface area contributed by atoms with Crippen LogP contribution in [0.3, 0.4) is 0 Å². The first-order chi connectivity index (χ1) is 18.5. The number of imidazole rings is 1. The van der Waals surface area contributed by atoms with E-state index >= 15 is 4.39 Å². The SMILES string of the molecule is C=C(CC(C)C)Nc1cncc(-c2cnc3n[nH]c(-c4nc5nccc(-c6cccnc6)c5[nH]4)c3c2F)c1. The van der Waals surface area contributed by atoms with E-state index in [9.17, 15) is 0 Å². The molecule has 0 aliphatic heterocycles. The largest absolute Gasteiger partial charge is 0.358 e. The van der Waals surface area contributed by atoms with Gasteiger partial charge >= 0.3 is 0 Å². The predicted molar refractivity (Wildman–Crippen MR) is 145 cm³/mol. The summed E-state index contributed by atoms with van der Waals surface area (Å²) in [6.45, 7) is 8.32. The number of halogens is 1. The highest BCUT2D eigenvalue weighted by atomic mass is 19.1. The molecule has 6 heterocycles. The normalized spacial score (nSPS) is 11.5. The number of rotatable bonds is 7. The molecule has 6 rings (SSSR count). The minimum atomic E-state index is -0.473. The number of anilines is 1. The lowest BCUT2D eigenvalue weighted by atomic mass is 10.1. The number of pyridine rings is 4. The number of fused-ring (bicyclic) bond motifs is 2. The standard InChI is InChI=1S/C28H24FN9/c1-15(2)9-16(3)34-19-10-18(12-31-13-19)21-14-33-26-22(23(21)29)25(37-38-26)28-35-24-20(6-8-32-27(24)36-28)17-5-4-7-30-11-17/h4-8,10-15,34H,3,9H2,1-2H3,(H,32,35,36)(H,33,37,38). The van der Waals surface area contributed by atoms with E-state index in [1.54, 1.807) is 31.0 Å². The minimum Gasteiger partial charge on any atom is -0.358 e. The molecule has 0 spiro atoms. The second kappa shape index (κ2) is 9.47. The molecule has 3 N–H and O–H groups in total. The van der Waals surface area contributed by atoms with Crippen molar-refractivity contribution in [2.75, 3.05) is 5.32 Å². The molecule has 188 valence electrons. The van der Waals surface area contributed by atoms with E-state index < -0.39 is 5.82 Å². The third-order valence-electron chi connectivity index (χ3n) is 6.15. The summed E-state index contributed by atoms with van der Waals surface area (Å²) in [5.74, 6) is 0.394. The molecule has 0 bridgehead atoms. The van der Waals surface area contributed by atoms with Crippen LogP contribution in [0.1, 0.15) is 20.3 Å². The van der Waals surface area contributed by atoms with Gasteiger partial charge in [0.25, 0.3) is 0 Å². The Hall–Kier alpha value is -4.99. The van der Waals surface area contributed by atoms with Crippen LogP contribution in [-0.2, 0) is 0 Å². The summed E-state index contributed by atoms with van der Waals surface area (Å²) in [7, 11) is 0. The Morgan fingerprint density at radius 1 is 1.00 bits per heavy atom. The van der Waals surface area contributed by atoms with Crippen LogP contribution in [0.25, 0.3) is 56.0 Å². The van der Waals surface area contributed by atoms with E-state index in [2.05, 4.69) is 65.8 Å². The van der Waals surface area contributed by atoms with Gasteiger partial charge in [-0.05, 0) is 30.5 Å². The number of H-pyrrole nitrogens is 2. The molecule has 6 aromatic rings. The van der Waals surface area contributed by atoms with Gasteiger partial charge in [-0.3, -0.25) is 15.1 Å². The van der Waals surface area contributed by atoms with Gasteiger partial charge in [-0.1, -0.05) is 26.5 Å². The third-order valence-corrected chi connectivity index (χ3v) is 6.15. The molecule has 38 heavy (non-hydrogen) atoms. The van der Waals surface area contributed by atoms with Gasteiger partial charge in [-0.25, -0.2) is 19.3 Å². The van der Waals surface area contributed by atoms with Crippen LogP contribution in [0, 0.1) is 11.7 Å². The fourth-order valence-electron chi connectivity index (χ4n) is 4.52. The summed E-state index contributed by atoms with van der Waals surface area (Å²) in [6, 6.07) is 7.54. The molecular formula is C28H24FN9. The number of aromatic amines is 2. The van der Waals surface area contributed by atoms with Crippen LogP contribution in [0.15, 0.2) is 73.7 Å². The van der Waals surface area contributed by atoms with Crippen LogP contribution >= 0.6 is 0 Å². The summed E-state index contributed by atoms with van der Waals surface area (Å²) in [5, 5.41) is 10.6. The molecule has 0 aliphatic carbocycles. The lowest BCUT2D eigenvalue weighted by molar-refractivity contribution is 0.642. The number of nitrogens with zero attached hydrogens (tertiary/aromatic N) is 6. The Labute approximate surface area is 217 Å². The van der Waals surface area contributed by atoms with E-state index in [1.165, 1.54) is 6.20 Å². The first kappa shape index (κ1) is 23.4. The second-order valence-corrected chi connectivity index (χ2v) is 9.46. The van der Waals surface area contributed by atoms with Gasteiger partial charge in [0.15, 0.2) is 17.1 Å². The number of hydrogen-bond acceptors (Lipinski definition) is 7. The monoisotopic (exact) mass is 505 g/mol. The summed E-state index contributed by atoms with van der Waals surface area (Å²) >= 11 is 0. The third kappa shape index (κ3) is 4.26. The molecule has 0 radical (unpaired) electrons. The molecule has 9 nitrogen and oxygen atoms in total. The van der Waals surface area contributed by atoms with E-state index in [-0.39, 0.29) is 11.0 Å². The van der Waals surface area contributed by atoms with Crippen molar-refractivity contribution in [2.45, 2.75) is 20.3 Å². The molecule has 0 aliphatic rings. The highest BCUT2D eigenvalue weighted by Crippen LogP contribution is 2.34. The molecule has 0 fully saturated rings. The quantitative estimate of drug-likeness (QED) is 0.239. The fraction of sp³-hybridized carbons (Fsp3) is 0.143. The average Bonchev–Trinajstić information content (AvgIpc) is 3.54. The lowest BCUT2D eigenvalue weighted by Gasteiger charge is -2.12. The predicted octanol–water partition coefficient (Wildman–Crippen LogP) is 6.13. The average molecular weight is 506 g/mol. The summed E-state index contributed by atoms with van der Waals surface area (Å²) in [4.78, 5) is 25.2. The molecule has 6 aromatic heterocycles. The molecule has 10 heteroatoms. The van der Waals surface area contributed by atoms with E-state index in [1.807, 2.05) is 24.3 Å². The van der Waals surface area contributed by atoms with Gasteiger partial charge in [-0.15, -0.1) is 0 Å². The zero-order valence-corrected chi connectivity index (χ0v) is 20.8. The second-order valence-electron chi connectivity index (χ2n) is 9.46. The van der Waals surface area contributed by atoms with Gasteiger partial charge in [0.2, 0.25) is 0 Å². The Kier molecular flexibility index (Phi) is 5.83. The summed E-state index contributed by atoms with van der Waals surface area (Å²) in [5.41, 5.74) is 6.12. The minimum absolute atomic E-state index is 0.229. The van der Waals surface area contributed by atoms with E-state index in [0.29, 0.717) is 39.7 Å². The van der Waals surface area contributed by atoms with Gasteiger partial charge in [0.05, 0.1) is 22.8 Å². The van der Waals surface area contributed by atoms with Crippen molar-refractivity contribution >= 4 is 27.9 Å². The summed E-state index contributed by atoms with van der Waals surface area (Å²) < 4.78 is 16.1. The van der Waals surface area contributed by atoms with Crippen LogP contribution in [0.4, 0.5) is 10.1 Å². The molecular weight excluding hydrogens is 481 g/mol. The van der Waals surface area contributed by atoms with Crippen molar-refractivity contribution in [3.63, 3.8) is 0 Å². The van der Waals surface area contributed by atoms with Gasteiger partial charge < -0.3 is 10.3 Å². The van der Waals surface area contributed by atoms with E-state index in [0.717, 1.165) is 28.9 Å². The first-order valence-electron chi connectivity index (χ1n) is 12.2. The molecule has 0 atom stereocenters. The van der Waals surface area contributed by atoms with Crippen LogP contribution in [-0.4, -0.2) is 40.1 Å². The Morgan fingerprint density at radius 2 is 1.87 bits per heavy atom. The molecule has 0 saturated heterocycles. The molecule has 0 unspecified atom stereocenters. The van der Waals surface area contributed by atoms with Crippen molar-refractivity contribution < 1.29 is 4.39 Å². The van der Waals surface area contributed by atoms with Gasteiger partial charge in [-0.2, -0.15) is 5.10 Å².